The number of para-hydroxylation sites is 1. The maximum absolute atomic E-state index is 12.5. The molecule has 0 bridgehead atoms. The summed E-state index contributed by atoms with van der Waals surface area (Å²) in [4.78, 5) is 14.2. The fourth-order valence-electron chi connectivity index (χ4n) is 2.64. The van der Waals surface area contributed by atoms with Gasteiger partial charge in [-0.3, -0.25) is 9.48 Å². The molecule has 2 aromatic carbocycles. The molecular weight excluding hydrogens is 314 g/mol. The zero-order valence-electron chi connectivity index (χ0n) is 14.6. The van der Waals surface area contributed by atoms with E-state index in [0.717, 1.165) is 22.8 Å². The smallest absolute Gasteiger partial charge is 0.272 e. The van der Waals surface area contributed by atoms with Crippen LogP contribution >= 0.6 is 0 Å². The molecule has 0 aliphatic carbocycles. The molecule has 1 amide bonds. The Morgan fingerprint density at radius 2 is 1.72 bits per heavy atom. The first-order valence-corrected chi connectivity index (χ1v) is 8.11. The molecule has 0 fully saturated rings. The van der Waals surface area contributed by atoms with Gasteiger partial charge in [0.15, 0.2) is 0 Å². The van der Waals surface area contributed by atoms with Crippen LogP contribution in [0.1, 0.15) is 21.7 Å². The Balaban J connectivity index is 1.64. The number of carbonyl (C=O) groups is 1. The fourth-order valence-corrected chi connectivity index (χ4v) is 2.64. The first-order valence-electron chi connectivity index (χ1n) is 8.11. The van der Waals surface area contributed by atoms with Crippen molar-refractivity contribution < 1.29 is 9.53 Å². The lowest BCUT2D eigenvalue weighted by molar-refractivity contribution is 0.0774. The molecule has 5 nitrogen and oxygen atoms in total. The molecule has 0 radical (unpaired) electrons. The number of aromatic nitrogens is 2. The van der Waals surface area contributed by atoms with Crippen LogP contribution in [0.4, 0.5) is 0 Å². The molecule has 0 spiro atoms. The minimum atomic E-state index is -0.0484. The molecule has 1 heterocycles. The maximum atomic E-state index is 12.5. The molecular formula is C20H21N3O2. The molecule has 5 heteroatoms. The van der Waals surface area contributed by atoms with Gasteiger partial charge in [-0.2, -0.15) is 5.10 Å². The third-order valence-corrected chi connectivity index (χ3v) is 3.89. The van der Waals surface area contributed by atoms with Gasteiger partial charge >= 0.3 is 0 Å². The molecule has 0 saturated heterocycles. The number of carbonyl (C=O) groups excluding carboxylic acids is 1. The van der Waals surface area contributed by atoms with Gasteiger partial charge in [0.2, 0.25) is 0 Å². The summed E-state index contributed by atoms with van der Waals surface area (Å²) in [5.74, 6) is 1.52. The summed E-state index contributed by atoms with van der Waals surface area (Å²) in [6.07, 6.45) is 0. The summed E-state index contributed by atoms with van der Waals surface area (Å²) >= 11 is 0. The zero-order chi connectivity index (χ0) is 17.8. The molecule has 3 rings (SSSR count). The normalized spacial score (nSPS) is 10.5. The Morgan fingerprint density at radius 1 is 1.08 bits per heavy atom. The number of nitrogens with zero attached hydrogens (tertiary/aromatic N) is 3. The molecule has 3 aromatic rings. The van der Waals surface area contributed by atoms with E-state index in [1.54, 1.807) is 29.7 Å². The van der Waals surface area contributed by atoms with Gasteiger partial charge < -0.3 is 9.64 Å². The second-order valence-electron chi connectivity index (χ2n) is 6.01. The molecule has 0 atom stereocenters. The number of hydrogen-bond donors (Lipinski definition) is 0. The van der Waals surface area contributed by atoms with Gasteiger partial charge in [0.1, 0.15) is 17.2 Å². The summed E-state index contributed by atoms with van der Waals surface area (Å²) < 4.78 is 7.40. The lowest BCUT2D eigenvalue weighted by atomic mass is 10.2. The zero-order valence-corrected chi connectivity index (χ0v) is 14.6. The van der Waals surface area contributed by atoms with E-state index >= 15 is 0 Å². The van der Waals surface area contributed by atoms with E-state index in [9.17, 15) is 4.79 Å². The minimum Gasteiger partial charge on any atom is -0.457 e. The quantitative estimate of drug-likeness (QED) is 0.713. The van der Waals surface area contributed by atoms with Crippen molar-refractivity contribution in [2.75, 3.05) is 7.05 Å². The van der Waals surface area contributed by atoms with Crippen LogP contribution in [0.25, 0.3) is 0 Å². The van der Waals surface area contributed by atoms with E-state index in [2.05, 4.69) is 5.10 Å². The summed E-state index contributed by atoms with van der Waals surface area (Å²) in [6.45, 7) is 2.40. The fraction of sp³-hybridized carbons (Fsp3) is 0.200. The molecule has 0 saturated carbocycles. The third kappa shape index (κ3) is 4.07. The number of aryl methyl sites for hydroxylation is 2. The second-order valence-corrected chi connectivity index (χ2v) is 6.01. The van der Waals surface area contributed by atoms with Gasteiger partial charge in [-0.15, -0.1) is 0 Å². The van der Waals surface area contributed by atoms with E-state index < -0.39 is 0 Å². The van der Waals surface area contributed by atoms with Gasteiger partial charge in [0.05, 0.1) is 5.69 Å². The van der Waals surface area contributed by atoms with E-state index in [1.165, 1.54) is 0 Å². The predicted octanol–water partition coefficient (Wildman–Crippen LogP) is 3.79. The van der Waals surface area contributed by atoms with Crippen LogP contribution in [0.5, 0.6) is 11.5 Å². The highest BCUT2D eigenvalue weighted by Crippen LogP contribution is 2.21. The molecule has 0 unspecified atom stereocenters. The van der Waals surface area contributed by atoms with Gasteiger partial charge in [-0.05, 0) is 42.8 Å². The molecule has 0 aliphatic rings. The summed E-state index contributed by atoms with van der Waals surface area (Å²) in [6, 6.07) is 19.2. The van der Waals surface area contributed by atoms with Crippen LogP contribution in [0.2, 0.25) is 0 Å². The Morgan fingerprint density at radius 3 is 2.32 bits per heavy atom. The van der Waals surface area contributed by atoms with E-state index in [4.69, 9.17) is 4.74 Å². The van der Waals surface area contributed by atoms with Gasteiger partial charge in [-0.25, -0.2) is 0 Å². The number of rotatable bonds is 5. The monoisotopic (exact) mass is 335 g/mol. The van der Waals surface area contributed by atoms with Crippen LogP contribution in [0.15, 0.2) is 60.7 Å². The van der Waals surface area contributed by atoms with Crippen molar-refractivity contribution >= 4 is 5.91 Å². The average Bonchev–Trinajstić information content (AvgIpc) is 2.95. The predicted molar refractivity (Wildman–Crippen MR) is 96.7 cm³/mol. The first-order chi connectivity index (χ1) is 12.0. The van der Waals surface area contributed by atoms with Crippen LogP contribution in [-0.4, -0.2) is 27.6 Å². The lowest BCUT2D eigenvalue weighted by Gasteiger charge is -2.17. The number of benzene rings is 2. The Hall–Kier alpha value is -3.08. The van der Waals surface area contributed by atoms with Crippen molar-refractivity contribution in [2.45, 2.75) is 13.5 Å². The second kappa shape index (κ2) is 7.21. The van der Waals surface area contributed by atoms with Gasteiger partial charge in [-0.1, -0.05) is 30.3 Å². The maximum Gasteiger partial charge on any atom is 0.272 e. The summed E-state index contributed by atoms with van der Waals surface area (Å²) in [5, 5.41) is 4.23. The van der Waals surface area contributed by atoms with Crippen LogP contribution in [0, 0.1) is 6.92 Å². The van der Waals surface area contributed by atoms with E-state index in [0.29, 0.717) is 12.2 Å². The molecule has 1 aromatic heterocycles. The first kappa shape index (κ1) is 16.8. The number of ether oxygens (including phenoxy) is 1. The van der Waals surface area contributed by atoms with Gasteiger partial charge in [0.25, 0.3) is 5.91 Å². The van der Waals surface area contributed by atoms with Crippen molar-refractivity contribution in [3.05, 3.63) is 77.6 Å². The van der Waals surface area contributed by atoms with E-state index in [-0.39, 0.29) is 5.91 Å². The van der Waals surface area contributed by atoms with Gasteiger partial charge in [0, 0.05) is 20.6 Å². The standard InChI is InChI=1S/C20H21N3O2/c1-15-13-19(23(3)21-15)20(24)22(2)14-16-9-11-18(12-10-16)25-17-7-5-4-6-8-17/h4-13H,14H2,1-3H3. The minimum absolute atomic E-state index is 0.0484. The highest BCUT2D eigenvalue weighted by Gasteiger charge is 2.16. The topological polar surface area (TPSA) is 47.4 Å². The van der Waals surface area contributed by atoms with Crippen molar-refractivity contribution in [1.29, 1.82) is 0 Å². The number of hydrogen-bond acceptors (Lipinski definition) is 3. The third-order valence-electron chi connectivity index (χ3n) is 3.89. The molecule has 0 aliphatic heterocycles. The Labute approximate surface area is 147 Å². The Bertz CT molecular complexity index is 854. The Kier molecular flexibility index (Phi) is 4.84. The lowest BCUT2D eigenvalue weighted by Crippen LogP contribution is -2.28. The highest BCUT2D eigenvalue weighted by molar-refractivity contribution is 5.92. The summed E-state index contributed by atoms with van der Waals surface area (Å²) in [5.41, 5.74) is 2.46. The molecule has 0 N–H and O–H groups in total. The molecule has 25 heavy (non-hydrogen) atoms. The van der Waals surface area contributed by atoms with Crippen LogP contribution in [0.3, 0.4) is 0 Å². The van der Waals surface area contributed by atoms with Crippen molar-refractivity contribution in [2.24, 2.45) is 7.05 Å². The van der Waals surface area contributed by atoms with Crippen LogP contribution in [-0.2, 0) is 13.6 Å². The van der Waals surface area contributed by atoms with Crippen molar-refractivity contribution in [1.82, 2.24) is 14.7 Å². The highest BCUT2D eigenvalue weighted by atomic mass is 16.5. The van der Waals surface area contributed by atoms with Crippen LogP contribution < -0.4 is 4.74 Å². The molecule has 128 valence electrons. The van der Waals surface area contributed by atoms with Crippen molar-refractivity contribution in [3.63, 3.8) is 0 Å². The summed E-state index contributed by atoms with van der Waals surface area (Å²) in [7, 11) is 3.57. The number of amides is 1. The van der Waals surface area contributed by atoms with E-state index in [1.807, 2.05) is 61.5 Å². The average molecular weight is 335 g/mol. The largest absolute Gasteiger partial charge is 0.457 e. The van der Waals surface area contributed by atoms with Crippen molar-refractivity contribution in [3.8, 4) is 11.5 Å². The SMILES string of the molecule is Cc1cc(C(=O)N(C)Cc2ccc(Oc3ccccc3)cc2)n(C)n1.